The fourth-order valence-corrected chi connectivity index (χ4v) is 3.56. The minimum absolute atomic E-state index is 0.0901. The summed E-state index contributed by atoms with van der Waals surface area (Å²) in [5.41, 5.74) is 0.0901. The lowest BCUT2D eigenvalue weighted by atomic mass is 10.1. The predicted octanol–water partition coefficient (Wildman–Crippen LogP) is 6.08. The van der Waals surface area contributed by atoms with Gasteiger partial charge in [0.2, 0.25) is 0 Å². The summed E-state index contributed by atoms with van der Waals surface area (Å²) in [5, 5.41) is -0.976. The van der Waals surface area contributed by atoms with Crippen LogP contribution in [0.3, 0.4) is 0 Å². The Morgan fingerprint density at radius 1 is 1.22 bits per heavy atom. The van der Waals surface area contributed by atoms with Crippen molar-refractivity contribution in [3.63, 3.8) is 0 Å². The zero-order valence-corrected chi connectivity index (χ0v) is 13.0. The second-order valence-electron chi connectivity index (χ2n) is 3.70. The molecule has 96 valence electrons. The molecule has 0 nitrogen and oxygen atoms in total. The van der Waals surface area contributed by atoms with E-state index in [1.165, 1.54) is 11.3 Å². The van der Waals surface area contributed by atoms with E-state index in [4.69, 9.17) is 23.2 Å². The van der Waals surface area contributed by atoms with Gasteiger partial charge in [-0.25, -0.2) is 8.78 Å². The van der Waals surface area contributed by atoms with Gasteiger partial charge in [0.15, 0.2) is 0 Å². The van der Waals surface area contributed by atoms with Crippen LogP contribution in [0.25, 0.3) is 0 Å². The Hall–Kier alpha value is -0.160. The molecular formula is C12H7BrCl2F2S. The first-order valence-corrected chi connectivity index (χ1v) is 7.37. The van der Waals surface area contributed by atoms with E-state index in [1.54, 1.807) is 0 Å². The van der Waals surface area contributed by atoms with E-state index < -0.39 is 17.0 Å². The zero-order valence-electron chi connectivity index (χ0n) is 9.11. The highest BCUT2D eigenvalue weighted by Crippen LogP contribution is 2.39. The van der Waals surface area contributed by atoms with Crippen LogP contribution in [0.2, 0.25) is 5.02 Å². The van der Waals surface area contributed by atoms with E-state index in [-0.39, 0.29) is 10.6 Å². The Morgan fingerprint density at radius 3 is 2.44 bits per heavy atom. The molecule has 6 heteroatoms. The van der Waals surface area contributed by atoms with Gasteiger partial charge in [-0.2, -0.15) is 0 Å². The first-order valence-electron chi connectivity index (χ1n) is 4.94. The van der Waals surface area contributed by atoms with Crippen LogP contribution in [0.4, 0.5) is 8.78 Å². The molecule has 1 unspecified atom stereocenters. The summed E-state index contributed by atoms with van der Waals surface area (Å²) in [4.78, 5) is 1.78. The second kappa shape index (κ2) is 5.45. The number of aryl methyl sites for hydroxylation is 1. The van der Waals surface area contributed by atoms with Gasteiger partial charge >= 0.3 is 0 Å². The van der Waals surface area contributed by atoms with Gasteiger partial charge in [-0.1, -0.05) is 11.6 Å². The molecular weight excluding hydrogens is 365 g/mol. The monoisotopic (exact) mass is 370 g/mol. The van der Waals surface area contributed by atoms with Crippen molar-refractivity contribution >= 4 is 50.5 Å². The zero-order chi connectivity index (χ0) is 13.4. The molecule has 0 radical (unpaired) electrons. The van der Waals surface area contributed by atoms with Crippen molar-refractivity contribution in [3.8, 4) is 0 Å². The normalized spacial score (nSPS) is 12.8. The van der Waals surface area contributed by atoms with Gasteiger partial charge in [0.05, 0.1) is 10.4 Å². The summed E-state index contributed by atoms with van der Waals surface area (Å²) in [5.74, 6) is -1.28. The molecule has 0 N–H and O–H groups in total. The van der Waals surface area contributed by atoms with E-state index in [1.807, 2.05) is 13.0 Å². The SMILES string of the molecule is Cc1sc(C(Cl)c2cc(F)c(Cl)cc2F)cc1Br. The average molecular weight is 372 g/mol. The number of hydrogen-bond acceptors (Lipinski definition) is 1. The molecule has 1 aromatic carbocycles. The van der Waals surface area contributed by atoms with Crippen molar-refractivity contribution in [1.29, 1.82) is 0 Å². The summed E-state index contributed by atoms with van der Waals surface area (Å²) in [7, 11) is 0. The molecule has 0 spiro atoms. The van der Waals surface area contributed by atoms with Crippen LogP contribution >= 0.6 is 50.5 Å². The Labute approximate surface area is 126 Å². The predicted molar refractivity (Wildman–Crippen MR) is 75.8 cm³/mol. The maximum atomic E-state index is 13.7. The standard InChI is InChI=1S/C12H7BrCl2F2S/c1-5-7(13)3-11(18-5)12(15)6-2-10(17)8(14)4-9(6)16/h2-4,12H,1H3. The summed E-state index contributed by atoms with van der Waals surface area (Å²) >= 11 is 16.5. The largest absolute Gasteiger partial charge is 0.207 e. The average Bonchev–Trinajstić information content (AvgIpc) is 2.63. The van der Waals surface area contributed by atoms with Crippen molar-refractivity contribution in [2.45, 2.75) is 12.3 Å². The minimum atomic E-state index is -0.730. The number of halogens is 5. The van der Waals surface area contributed by atoms with Crippen LogP contribution < -0.4 is 0 Å². The summed E-state index contributed by atoms with van der Waals surface area (Å²) in [6.07, 6.45) is 0. The molecule has 0 aliphatic rings. The van der Waals surface area contributed by atoms with Crippen LogP contribution in [0.5, 0.6) is 0 Å². The number of rotatable bonds is 2. The van der Waals surface area contributed by atoms with Crippen LogP contribution in [0.15, 0.2) is 22.7 Å². The van der Waals surface area contributed by atoms with Gasteiger partial charge in [-0.05, 0) is 41.1 Å². The van der Waals surface area contributed by atoms with E-state index in [0.717, 1.165) is 26.4 Å². The molecule has 0 amide bonds. The van der Waals surface area contributed by atoms with Gasteiger partial charge in [-0.3, -0.25) is 0 Å². The molecule has 0 fully saturated rings. The Bertz CT molecular complexity index is 579. The van der Waals surface area contributed by atoms with E-state index >= 15 is 0 Å². The van der Waals surface area contributed by atoms with Crippen LogP contribution in [-0.2, 0) is 0 Å². The Kier molecular flexibility index (Phi) is 4.32. The second-order valence-corrected chi connectivity index (χ2v) is 6.69. The molecule has 2 aromatic rings. The molecule has 0 saturated heterocycles. The first-order chi connectivity index (χ1) is 8.40. The van der Waals surface area contributed by atoms with E-state index in [9.17, 15) is 8.78 Å². The van der Waals surface area contributed by atoms with Gasteiger partial charge in [0, 0.05) is 19.8 Å². The molecule has 0 saturated carbocycles. The molecule has 1 aromatic heterocycles. The molecule has 1 heterocycles. The fraction of sp³-hybridized carbons (Fsp3) is 0.167. The lowest BCUT2D eigenvalue weighted by molar-refractivity contribution is 0.588. The van der Waals surface area contributed by atoms with Crippen molar-refractivity contribution in [2.75, 3.05) is 0 Å². The summed E-state index contributed by atoms with van der Waals surface area (Å²) in [6, 6.07) is 3.79. The van der Waals surface area contributed by atoms with Gasteiger partial charge in [0.25, 0.3) is 0 Å². The molecule has 2 rings (SSSR count). The van der Waals surface area contributed by atoms with Crippen molar-refractivity contribution in [3.05, 3.63) is 54.6 Å². The maximum absolute atomic E-state index is 13.7. The van der Waals surface area contributed by atoms with Gasteiger partial charge < -0.3 is 0 Å². The minimum Gasteiger partial charge on any atom is -0.207 e. The number of hydrogen-bond donors (Lipinski definition) is 0. The van der Waals surface area contributed by atoms with Crippen molar-refractivity contribution in [1.82, 2.24) is 0 Å². The topological polar surface area (TPSA) is 0 Å². The quantitative estimate of drug-likeness (QED) is 0.443. The smallest absolute Gasteiger partial charge is 0.142 e. The Morgan fingerprint density at radius 2 is 1.89 bits per heavy atom. The van der Waals surface area contributed by atoms with Gasteiger partial charge in [-0.15, -0.1) is 22.9 Å². The molecule has 0 aliphatic heterocycles. The maximum Gasteiger partial charge on any atom is 0.142 e. The highest BCUT2D eigenvalue weighted by molar-refractivity contribution is 9.10. The van der Waals surface area contributed by atoms with E-state index in [0.29, 0.717) is 0 Å². The third kappa shape index (κ3) is 2.72. The number of alkyl halides is 1. The highest BCUT2D eigenvalue weighted by atomic mass is 79.9. The molecule has 18 heavy (non-hydrogen) atoms. The Balaban J connectivity index is 2.45. The summed E-state index contributed by atoms with van der Waals surface area (Å²) < 4.78 is 28.0. The third-order valence-electron chi connectivity index (χ3n) is 2.44. The lowest BCUT2D eigenvalue weighted by Gasteiger charge is -2.09. The summed E-state index contributed by atoms with van der Waals surface area (Å²) in [6.45, 7) is 1.92. The first kappa shape index (κ1) is 14.3. The fourth-order valence-electron chi connectivity index (χ4n) is 1.49. The van der Waals surface area contributed by atoms with E-state index in [2.05, 4.69) is 15.9 Å². The van der Waals surface area contributed by atoms with Crippen LogP contribution in [0, 0.1) is 18.6 Å². The van der Waals surface area contributed by atoms with Crippen molar-refractivity contribution in [2.24, 2.45) is 0 Å². The van der Waals surface area contributed by atoms with Gasteiger partial charge in [0.1, 0.15) is 11.6 Å². The molecule has 0 aliphatic carbocycles. The van der Waals surface area contributed by atoms with Crippen LogP contribution in [-0.4, -0.2) is 0 Å². The molecule has 0 bridgehead atoms. The number of benzene rings is 1. The number of thiophene rings is 1. The third-order valence-corrected chi connectivity index (χ3v) is 5.53. The lowest BCUT2D eigenvalue weighted by Crippen LogP contribution is -1.97. The van der Waals surface area contributed by atoms with Crippen molar-refractivity contribution < 1.29 is 8.78 Å². The molecule has 1 atom stereocenters. The van der Waals surface area contributed by atoms with Crippen LogP contribution in [0.1, 0.15) is 20.7 Å². The highest BCUT2D eigenvalue weighted by Gasteiger charge is 2.20.